The average Bonchev–Trinajstić information content (AvgIpc) is 3.02. The summed E-state index contributed by atoms with van der Waals surface area (Å²) >= 11 is 0. The van der Waals surface area contributed by atoms with E-state index in [1.165, 1.54) is 5.56 Å². The van der Waals surface area contributed by atoms with Crippen molar-refractivity contribution in [2.45, 2.75) is 76.2 Å². The SMILES string of the molecule is CC.CC.CC.CC.CC.Cc1ccccc1.[CH3-].[Y].[Y].[c-]1ccccc1.c1ccccc1.c1ccccc1. The molecule has 0 heterocycles. The first kappa shape index (κ1) is 57.1. The van der Waals surface area contributed by atoms with Gasteiger partial charge < -0.3 is 7.43 Å². The fourth-order valence-corrected chi connectivity index (χ4v) is 1.65. The van der Waals surface area contributed by atoms with Crippen LogP contribution in [0.3, 0.4) is 0 Å². The van der Waals surface area contributed by atoms with Gasteiger partial charge in [0.15, 0.2) is 0 Å². The fourth-order valence-electron chi connectivity index (χ4n) is 1.65. The van der Waals surface area contributed by atoms with E-state index < -0.39 is 0 Å². The summed E-state index contributed by atoms with van der Waals surface area (Å²) in [5, 5.41) is 0. The van der Waals surface area contributed by atoms with Crippen LogP contribution >= 0.6 is 0 Å². The summed E-state index contributed by atoms with van der Waals surface area (Å²) < 4.78 is 0. The minimum Gasteiger partial charge on any atom is -0.358 e. The quantitative estimate of drug-likeness (QED) is 0.164. The molecule has 4 aromatic rings. The van der Waals surface area contributed by atoms with Crippen LogP contribution in [0.4, 0.5) is 0 Å². The van der Waals surface area contributed by atoms with Gasteiger partial charge in [-0.05, 0) is 6.92 Å². The first-order chi connectivity index (χ1) is 17.4. The third kappa shape index (κ3) is 64.8. The molecule has 0 atom stereocenters. The Bertz CT molecular complexity index is 546. The van der Waals surface area contributed by atoms with Crippen molar-refractivity contribution >= 4 is 0 Å². The maximum Gasteiger partial charge on any atom is 0 e. The predicted molar refractivity (Wildman–Crippen MR) is 172 cm³/mol. The van der Waals surface area contributed by atoms with Crippen LogP contribution in [0.2, 0.25) is 0 Å². The van der Waals surface area contributed by atoms with E-state index in [9.17, 15) is 0 Å². The number of aryl methyl sites for hydroxylation is 1. The normalized spacial score (nSPS) is 6.18. The summed E-state index contributed by atoms with van der Waals surface area (Å²) in [6, 6.07) is 46.8. The molecule has 2 radical (unpaired) electrons. The molecule has 0 amide bonds. The molecule has 0 aliphatic carbocycles. The van der Waals surface area contributed by atoms with Crippen molar-refractivity contribution in [3.8, 4) is 0 Å². The standard InChI is InChI=1S/C7H8.2C6H6.C6H5.5C2H6.CH3.2Y/c1-7-5-3-2-4-6-7;3*1-2-4-6-5-3-1;5*1-2;;;/h2-6H,1H3;2*1-6H;1-5H;5*1-2H3;1H3;;/q;;;-1;;;;;;-1;;. The summed E-state index contributed by atoms with van der Waals surface area (Å²) in [6.45, 7) is 22.1. The van der Waals surface area contributed by atoms with Crippen LogP contribution < -0.4 is 0 Å². The van der Waals surface area contributed by atoms with Crippen molar-refractivity contribution in [2.75, 3.05) is 0 Å². The van der Waals surface area contributed by atoms with Gasteiger partial charge in [-0.1, -0.05) is 178 Å². The van der Waals surface area contributed by atoms with E-state index in [-0.39, 0.29) is 72.8 Å². The topological polar surface area (TPSA) is 0 Å². The van der Waals surface area contributed by atoms with E-state index in [1.807, 2.05) is 191 Å². The Hall–Kier alpha value is -0.912. The van der Waals surface area contributed by atoms with Crippen molar-refractivity contribution in [3.05, 3.63) is 153 Å². The summed E-state index contributed by atoms with van der Waals surface area (Å²) in [5.41, 5.74) is 1.32. The predicted octanol–water partition coefficient (Wildman–Crippen LogP) is 12.4. The molecule has 4 rings (SSSR count). The zero-order valence-electron chi connectivity index (χ0n) is 26.9. The molecule has 0 aliphatic rings. The van der Waals surface area contributed by atoms with Gasteiger partial charge in [-0.15, -0.1) is 0 Å². The molecular weight excluding hydrogens is 610 g/mol. The van der Waals surface area contributed by atoms with Crippen LogP contribution in [-0.2, 0) is 65.4 Å². The molecule has 0 bridgehead atoms. The van der Waals surface area contributed by atoms with Crippen molar-refractivity contribution in [2.24, 2.45) is 0 Å². The third-order valence-electron chi connectivity index (χ3n) is 2.88. The average molecular weight is 669 g/mol. The van der Waals surface area contributed by atoms with Crippen molar-refractivity contribution in [3.63, 3.8) is 0 Å². The van der Waals surface area contributed by atoms with Gasteiger partial charge in [0, 0.05) is 65.4 Å². The number of hydrogen-bond donors (Lipinski definition) is 0. The second-order valence-electron chi connectivity index (χ2n) is 5.04. The molecule has 0 unspecified atom stereocenters. The molecule has 0 N–H and O–H groups in total. The van der Waals surface area contributed by atoms with E-state index >= 15 is 0 Å². The van der Waals surface area contributed by atoms with Crippen LogP contribution in [0.1, 0.15) is 74.8 Å². The van der Waals surface area contributed by atoms with E-state index in [0.717, 1.165) is 0 Å². The molecule has 0 saturated carbocycles. The molecule has 0 nitrogen and oxygen atoms in total. The fraction of sp³-hybridized carbons (Fsp3) is 0.306. The van der Waals surface area contributed by atoms with Gasteiger partial charge in [0.25, 0.3) is 0 Å². The summed E-state index contributed by atoms with van der Waals surface area (Å²) in [5.74, 6) is 0. The molecule has 38 heavy (non-hydrogen) atoms. The van der Waals surface area contributed by atoms with Crippen LogP contribution in [0.5, 0.6) is 0 Å². The first-order valence-electron chi connectivity index (χ1n) is 13.3. The number of benzene rings is 4. The molecule has 0 aromatic heterocycles. The minimum atomic E-state index is 0. The Morgan fingerprint density at radius 3 is 0.632 bits per heavy atom. The largest absolute Gasteiger partial charge is 0.358 e. The molecule has 0 saturated heterocycles. The summed E-state index contributed by atoms with van der Waals surface area (Å²) in [7, 11) is 0. The van der Waals surface area contributed by atoms with Crippen LogP contribution in [0.15, 0.2) is 133 Å². The Morgan fingerprint density at radius 2 is 0.526 bits per heavy atom. The van der Waals surface area contributed by atoms with E-state index in [4.69, 9.17) is 0 Å². The monoisotopic (exact) mass is 668 g/mol. The third-order valence-corrected chi connectivity index (χ3v) is 2.88. The molecule has 0 spiro atoms. The maximum atomic E-state index is 2.89. The zero-order valence-corrected chi connectivity index (χ0v) is 32.5. The Labute approximate surface area is 291 Å². The van der Waals surface area contributed by atoms with Crippen molar-refractivity contribution < 1.29 is 65.4 Å². The Balaban J connectivity index is -0.0000000464. The van der Waals surface area contributed by atoms with Crippen molar-refractivity contribution in [1.82, 2.24) is 0 Å². The Morgan fingerprint density at radius 1 is 0.342 bits per heavy atom. The van der Waals surface area contributed by atoms with Gasteiger partial charge >= 0.3 is 0 Å². The van der Waals surface area contributed by atoms with E-state index in [1.54, 1.807) is 0 Å². The number of hydrogen-bond acceptors (Lipinski definition) is 0. The second kappa shape index (κ2) is 70.6. The van der Waals surface area contributed by atoms with Gasteiger partial charge in [-0.2, -0.15) is 36.4 Å². The van der Waals surface area contributed by atoms with Crippen LogP contribution in [-0.4, -0.2) is 0 Å². The summed E-state index contributed by atoms with van der Waals surface area (Å²) in [6.07, 6.45) is 0. The van der Waals surface area contributed by atoms with Gasteiger partial charge in [0.05, 0.1) is 0 Å². The first-order valence-corrected chi connectivity index (χ1v) is 13.3. The number of rotatable bonds is 0. The Kier molecular flexibility index (Phi) is 106. The van der Waals surface area contributed by atoms with Gasteiger partial charge in [-0.3, -0.25) is 0 Å². The molecule has 210 valence electrons. The smallest absolute Gasteiger partial charge is 0 e. The zero-order chi connectivity index (χ0) is 27.8. The van der Waals surface area contributed by atoms with Gasteiger partial charge in [0.1, 0.15) is 0 Å². The van der Waals surface area contributed by atoms with Crippen LogP contribution in [0.25, 0.3) is 0 Å². The summed E-state index contributed by atoms with van der Waals surface area (Å²) in [4.78, 5) is 0. The molecule has 0 aliphatic heterocycles. The maximum absolute atomic E-state index is 2.89. The van der Waals surface area contributed by atoms with E-state index in [0.29, 0.717) is 0 Å². The molecule has 4 aromatic carbocycles. The van der Waals surface area contributed by atoms with E-state index in [2.05, 4.69) is 25.1 Å². The minimum absolute atomic E-state index is 0. The molecule has 2 heteroatoms. The van der Waals surface area contributed by atoms with Gasteiger partial charge in [0.2, 0.25) is 0 Å². The van der Waals surface area contributed by atoms with Gasteiger partial charge in [-0.25, -0.2) is 0 Å². The molecular formula is C36H58Y2-2. The van der Waals surface area contributed by atoms with Crippen LogP contribution in [0, 0.1) is 20.4 Å². The molecule has 0 fully saturated rings. The van der Waals surface area contributed by atoms with Crippen molar-refractivity contribution in [1.29, 1.82) is 0 Å². The second-order valence-corrected chi connectivity index (χ2v) is 5.04.